The summed E-state index contributed by atoms with van der Waals surface area (Å²) in [5.41, 5.74) is 9.83. The van der Waals surface area contributed by atoms with Crippen LogP contribution in [0.25, 0.3) is 21.6 Å². The Hall–Kier alpha value is -1.61. The van der Waals surface area contributed by atoms with Crippen molar-refractivity contribution in [1.82, 2.24) is 0 Å². The molecule has 2 N–H and O–H groups in total. The van der Waals surface area contributed by atoms with Crippen molar-refractivity contribution >= 4 is 44.3 Å². The summed E-state index contributed by atoms with van der Waals surface area (Å²) in [6.07, 6.45) is 0. The van der Waals surface area contributed by atoms with E-state index in [4.69, 9.17) is 5.73 Å². The number of rotatable bonds is 2. The summed E-state index contributed by atoms with van der Waals surface area (Å²) >= 11 is 6.55. The Morgan fingerprint density at radius 2 is 1.90 bits per heavy atom. The van der Waals surface area contributed by atoms with E-state index in [-0.39, 0.29) is 0 Å². The molecule has 3 rings (SSSR count). The average Bonchev–Trinajstić information content (AvgIpc) is 3.03. The van der Waals surface area contributed by atoms with Gasteiger partial charge < -0.3 is 5.73 Å². The molecule has 0 aliphatic carbocycles. The molecule has 0 spiro atoms. The van der Waals surface area contributed by atoms with Crippen molar-refractivity contribution in [3.63, 3.8) is 0 Å². The zero-order chi connectivity index (χ0) is 14.1. The highest BCUT2D eigenvalue weighted by atomic mass is 79.9. The summed E-state index contributed by atoms with van der Waals surface area (Å²) in [6, 6.07) is 14.2. The van der Waals surface area contributed by atoms with Crippen LogP contribution in [0, 0.1) is 11.3 Å². The molecule has 3 aromatic rings. The van der Waals surface area contributed by atoms with E-state index >= 15 is 0 Å². The fourth-order valence-corrected chi connectivity index (χ4v) is 4.30. The fourth-order valence-electron chi connectivity index (χ4n) is 2.05. The summed E-state index contributed by atoms with van der Waals surface area (Å²) in [5, 5.41) is 11.3. The molecule has 2 nitrogen and oxygen atoms in total. The van der Waals surface area contributed by atoms with Crippen LogP contribution in [0.5, 0.6) is 0 Å². The summed E-state index contributed by atoms with van der Waals surface area (Å²) in [7, 11) is 0. The molecule has 20 heavy (non-hydrogen) atoms. The number of hydrogen-bond donors (Lipinski definition) is 1. The maximum atomic E-state index is 9.23. The molecule has 0 unspecified atom stereocenters. The summed E-state index contributed by atoms with van der Waals surface area (Å²) in [4.78, 5) is 1.62. The van der Waals surface area contributed by atoms with Gasteiger partial charge in [0.1, 0.15) is 10.9 Å². The van der Waals surface area contributed by atoms with Crippen molar-refractivity contribution in [2.24, 2.45) is 0 Å². The Kier molecular flexibility index (Phi) is 3.62. The summed E-state index contributed by atoms with van der Waals surface area (Å²) in [5.74, 6) is 0. The summed E-state index contributed by atoms with van der Waals surface area (Å²) < 4.78 is 1.07. The van der Waals surface area contributed by atoms with Gasteiger partial charge in [0.15, 0.2) is 0 Å². The molecule has 98 valence electrons. The highest BCUT2D eigenvalue weighted by Gasteiger charge is 2.19. The molecule has 0 atom stereocenters. The van der Waals surface area contributed by atoms with Crippen LogP contribution in [0.1, 0.15) is 4.88 Å². The number of benzene rings is 1. The van der Waals surface area contributed by atoms with Crippen molar-refractivity contribution in [2.45, 2.75) is 0 Å². The predicted octanol–water partition coefficient (Wildman–Crippen LogP) is 5.36. The number of nitrogen functional groups attached to an aromatic ring is 1. The number of nitrogens with two attached hydrogens (primary N) is 1. The number of thiophene rings is 2. The van der Waals surface area contributed by atoms with Crippen LogP contribution in [0.2, 0.25) is 0 Å². The second-order valence-corrected chi connectivity index (χ2v) is 7.48. The number of nitrogens with zero attached hydrogens (tertiary/aromatic N) is 1. The molecular weight excluding hydrogens is 352 g/mol. The van der Waals surface area contributed by atoms with Crippen molar-refractivity contribution < 1.29 is 0 Å². The largest absolute Gasteiger partial charge is 0.396 e. The topological polar surface area (TPSA) is 49.8 Å². The molecule has 0 amide bonds. The molecule has 0 fully saturated rings. The van der Waals surface area contributed by atoms with E-state index in [0.29, 0.717) is 10.6 Å². The minimum Gasteiger partial charge on any atom is -0.396 e. The highest BCUT2D eigenvalue weighted by molar-refractivity contribution is 9.11. The number of hydrogen-bond acceptors (Lipinski definition) is 4. The molecule has 2 heterocycles. The average molecular weight is 361 g/mol. The maximum Gasteiger partial charge on any atom is 0.129 e. The first kappa shape index (κ1) is 13.4. The Labute approximate surface area is 133 Å². The SMILES string of the molecule is N#Cc1sc(-c2csc(Br)c2)c(-c2ccccc2)c1N. The van der Waals surface area contributed by atoms with Gasteiger partial charge in [-0.2, -0.15) is 5.26 Å². The van der Waals surface area contributed by atoms with Gasteiger partial charge in [0.2, 0.25) is 0 Å². The fraction of sp³-hybridized carbons (Fsp3) is 0. The molecule has 0 aliphatic heterocycles. The van der Waals surface area contributed by atoms with Crippen LogP contribution in [0.15, 0.2) is 45.6 Å². The van der Waals surface area contributed by atoms with Gasteiger partial charge in [0.05, 0.1) is 9.47 Å². The Bertz CT molecular complexity index is 797. The van der Waals surface area contributed by atoms with Crippen molar-refractivity contribution in [3.05, 3.63) is 50.4 Å². The molecule has 0 aliphatic rings. The number of nitriles is 1. The molecule has 0 saturated carbocycles. The normalized spacial score (nSPS) is 10.4. The third kappa shape index (κ3) is 2.27. The first-order valence-electron chi connectivity index (χ1n) is 5.83. The lowest BCUT2D eigenvalue weighted by Crippen LogP contribution is -1.88. The monoisotopic (exact) mass is 360 g/mol. The van der Waals surface area contributed by atoms with Crippen molar-refractivity contribution in [2.75, 3.05) is 5.73 Å². The van der Waals surface area contributed by atoms with Crippen molar-refractivity contribution in [3.8, 4) is 27.6 Å². The quantitative estimate of drug-likeness (QED) is 0.668. The van der Waals surface area contributed by atoms with Crippen LogP contribution >= 0.6 is 38.6 Å². The van der Waals surface area contributed by atoms with E-state index in [9.17, 15) is 5.26 Å². The molecular formula is C15H9BrN2S2. The van der Waals surface area contributed by atoms with Crippen LogP contribution in [-0.4, -0.2) is 0 Å². The molecule has 0 radical (unpaired) electrons. The first-order valence-corrected chi connectivity index (χ1v) is 8.32. The van der Waals surface area contributed by atoms with Gasteiger partial charge in [-0.25, -0.2) is 0 Å². The van der Waals surface area contributed by atoms with E-state index in [0.717, 1.165) is 25.4 Å². The van der Waals surface area contributed by atoms with E-state index in [2.05, 4.69) is 33.4 Å². The van der Waals surface area contributed by atoms with Gasteiger partial charge in [0.25, 0.3) is 0 Å². The zero-order valence-corrected chi connectivity index (χ0v) is 13.5. The van der Waals surface area contributed by atoms with Crippen LogP contribution in [-0.2, 0) is 0 Å². The minimum atomic E-state index is 0.570. The minimum absolute atomic E-state index is 0.570. The van der Waals surface area contributed by atoms with Gasteiger partial charge in [-0.3, -0.25) is 0 Å². The molecule has 0 bridgehead atoms. The van der Waals surface area contributed by atoms with Gasteiger partial charge in [-0.1, -0.05) is 30.3 Å². The molecule has 1 aromatic carbocycles. The second-order valence-electron chi connectivity index (χ2n) is 4.17. The van der Waals surface area contributed by atoms with Crippen LogP contribution < -0.4 is 5.73 Å². The van der Waals surface area contributed by atoms with E-state index in [1.165, 1.54) is 11.3 Å². The van der Waals surface area contributed by atoms with Crippen molar-refractivity contribution in [1.29, 1.82) is 5.26 Å². The standard InChI is InChI=1S/C15H9BrN2S2/c16-12-6-10(8-19-12)15-13(9-4-2-1-3-5-9)14(18)11(7-17)20-15/h1-6,8H,18H2. The molecule has 5 heteroatoms. The molecule has 2 aromatic heterocycles. The number of halogens is 1. The number of anilines is 1. The highest BCUT2D eigenvalue weighted by Crippen LogP contribution is 2.46. The van der Waals surface area contributed by atoms with E-state index in [1.807, 2.05) is 30.3 Å². The lowest BCUT2D eigenvalue weighted by Gasteiger charge is -2.04. The van der Waals surface area contributed by atoms with Crippen LogP contribution in [0.3, 0.4) is 0 Å². The summed E-state index contributed by atoms with van der Waals surface area (Å²) in [6.45, 7) is 0. The first-order chi connectivity index (χ1) is 9.70. The lowest BCUT2D eigenvalue weighted by molar-refractivity contribution is 1.52. The van der Waals surface area contributed by atoms with E-state index < -0.39 is 0 Å². The van der Waals surface area contributed by atoms with E-state index in [1.54, 1.807) is 11.3 Å². The third-order valence-corrected chi connectivity index (χ3v) is 5.60. The smallest absolute Gasteiger partial charge is 0.129 e. The lowest BCUT2D eigenvalue weighted by atomic mass is 10.0. The predicted molar refractivity (Wildman–Crippen MR) is 89.9 cm³/mol. The van der Waals surface area contributed by atoms with Gasteiger partial charge in [-0.05, 0) is 27.6 Å². The molecule has 0 saturated heterocycles. The van der Waals surface area contributed by atoms with Gasteiger partial charge in [-0.15, -0.1) is 22.7 Å². The van der Waals surface area contributed by atoms with Crippen LogP contribution in [0.4, 0.5) is 5.69 Å². The van der Waals surface area contributed by atoms with Gasteiger partial charge >= 0.3 is 0 Å². The Balaban J connectivity index is 2.28. The Morgan fingerprint density at radius 3 is 2.50 bits per heavy atom. The van der Waals surface area contributed by atoms with Gasteiger partial charge in [0, 0.05) is 21.4 Å². The maximum absolute atomic E-state index is 9.23. The third-order valence-electron chi connectivity index (χ3n) is 2.94. The zero-order valence-electron chi connectivity index (χ0n) is 10.3. The Morgan fingerprint density at radius 1 is 1.15 bits per heavy atom. The second kappa shape index (κ2) is 5.41.